The summed E-state index contributed by atoms with van der Waals surface area (Å²) in [4.78, 5) is 34.1. The number of amides is 2. The Labute approximate surface area is 183 Å². The van der Waals surface area contributed by atoms with Crippen LogP contribution in [0.1, 0.15) is 49.5 Å². The van der Waals surface area contributed by atoms with E-state index in [9.17, 15) is 9.59 Å². The Morgan fingerprint density at radius 2 is 1.97 bits per heavy atom. The molecule has 1 aromatic carbocycles. The van der Waals surface area contributed by atoms with Crippen molar-refractivity contribution in [2.24, 2.45) is 5.10 Å². The van der Waals surface area contributed by atoms with Crippen molar-refractivity contribution in [2.75, 3.05) is 33.2 Å². The number of carbonyl (C=O) groups excluding carboxylic acids is 2. The fraction of sp³-hybridized carbons (Fsp3) is 0.500. The van der Waals surface area contributed by atoms with E-state index < -0.39 is 0 Å². The SMILES string of the molecule is CC1=NN(CCC(=O)N2CCCC(N(C)C(=O)c3nccc4ccccc34)CC2)CC1. The van der Waals surface area contributed by atoms with Crippen LogP contribution in [0, 0.1) is 0 Å². The summed E-state index contributed by atoms with van der Waals surface area (Å²) in [5.41, 5.74) is 1.64. The Morgan fingerprint density at radius 1 is 1.13 bits per heavy atom. The molecule has 2 amide bonds. The van der Waals surface area contributed by atoms with E-state index in [0.717, 1.165) is 55.3 Å². The summed E-state index contributed by atoms with van der Waals surface area (Å²) < 4.78 is 0. The van der Waals surface area contributed by atoms with E-state index in [2.05, 4.69) is 10.1 Å². The average molecular weight is 422 g/mol. The summed E-state index contributed by atoms with van der Waals surface area (Å²) >= 11 is 0. The average Bonchev–Trinajstić information content (AvgIpc) is 3.06. The largest absolute Gasteiger partial charge is 0.343 e. The molecule has 1 saturated heterocycles. The number of nitrogens with zero attached hydrogens (tertiary/aromatic N) is 5. The number of benzene rings is 1. The van der Waals surface area contributed by atoms with E-state index >= 15 is 0 Å². The Kier molecular flexibility index (Phi) is 6.49. The molecule has 2 aromatic rings. The van der Waals surface area contributed by atoms with E-state index in [-0.39, 0.29) is 17.9 Å². The van der Waals surface area contributed by atoms with Crippen molar-refractivity contribution in [3.05, 3.63) is 42.2 Å². The molecule has 1 unspecified atom stereocenters. The molecular weight excluding hydrogens is 390 g/mol. The third-order valence-electron chi connectivity index (χ3n) is 6.42. The standard InChI is InChI=1S/C24H31N5O2/c1-18-10-16-29(26-18)17-12-22(30)28-14-5-7-20(11-15-28)27(2)24(31)23-21-8-4-3-6-19(21)9-13-25-23/h3-4,6,8-9,13,20H,5,7,10-12,14-17H2,1-2H3. The van der Waals surface area contributed by atoms with Gasteiger partial charge in [-0.3, -0.25) is 19.6 Å². The maximum absolute atomic E-state index is 13.2. The lowest BCUT2D eigenvalue weighted by atomic mass is 10.1. The molecular formula is C24H31N5O2. The predicted molar refractivity (Wildman–Crippen MR) is 122 cm³/mol. The topological polar surface area (TPSA) is 69.1 Å². The van der Waals surface area contributed by atoms with Crippen molar-refractivity contribution >= 4 is 28.3 Å². The van der Waals surface area contributed by atoms with Crippen molar-refractivity contribution in [1.82, 2.24) is 19.8 Å². The molecule has 2 aliphatic rings. The number of carbonyl (C=O) groups is 2. The molecule has 31 heavy (non-hydrogen) atoms. The van der Waals surface area contributed by atoms with E-state index in [1.165, 1.54) is 0 Å². The summed E-state index contributed by atoms with van der Waals surface area (Å²) in [6.45, 7) is 5.07. The molecule has 1 aromatic heterocycles. The lowest BCUT2D eigenvalue weighted by Crippen LogP contribution is -2.39. The Balaban J connectivity index is 1.35. The molecule has 164 valence electrons. The number of hydrazone groups is 1. The van der Waals surface area contributed by atoms with Crippen LogP contribution in [0.2, 0.25) is 0 Å². The smallest absolute Gasteiger partial charge is 0.273 e. The molecule has 0 radical (unpaired) electrons. The van der Waals surface area contributed by atoms with Crippen LogP contribution in [0.3, 0.4) is 0 Å². The highest BCUT2D eigenvalue weighted by Crippen LogP contribution is 2.22. The van der Waals surface area contributed by atoms with Crippen molar-refractivity contribution in [2.45, 2.75) is 45.1 Å². The van der Waals surface area contributed by atoms with Crippen molar-refractivity contribution in [3.63, 3.8) is 0 Å². The molecule has 7 nitrogen and oxygen atoms in total. The van der Waals surface area contributed by atoms with Gasteiger partial charge in [-0.05, 0) is 37.6 Å². The van der Waals surface area contributed by atoms with Gasteiger partial charge in [0.2, 0.25) is 5.91 Å². The zero-order chi connectivity index (χ0) is 21.8. The molecule has 1 fully saturated rings. The Morgan fingerprint density at radius 3 is 2.77 bits per heavy atom. The first-order chi connectivity index (χ1) is 15.0. The highest BCUT2D eigenvalue weighted by Gasteiger charge is 2.27. The van der Waals surface area contributed by atoms with E-state index in [0.29, 0.717) is 25.2 Å². The highest BCUT2D eigenvalue weighted by molar-refractivity contribution is 6.05. The van der Waals surface area contributed by atoms with Gasteiger partial charge in [0.15, 0.2) is 0 Å². The zero-order valence-corrected chi connectivity index (χ0v) is 18.5. The summed E-state index contributed by atoms with van der Waals surface area (Å²) in [5, 5.41) is 8.36. The molecule has 0 bridgehead atoms. The summed E-state index contributed by atoms with van der Waals surface area (Å²) in [7, 11) is 1.86. The maximum Gasteiger partial charge on any atom is 0.273 e. The minimum Gasteiger partial charge on any atom is -0.343 e. The molecule has 0 saturated carbocycles. The van der Waals surface area contributed by atoms with E-state index in [1.807, 2.05) is 59.1 Å². The van der Waals surface area contributed by atoms with E-state index in [4.69, 9.17) is 0 Å². The van der Waals surface area contributed by atoms with Gasteiger partial charge in [-0.1, -0.05) is 24.3 Å². The van der Waals surface area contributed by atoms with Crippen LogP contribution in [-0.4, -0.2) is 76.6 Å². The molecule has 1 atom stereocenters. The molecule has 0 aliphatic carbocycles. The third-order valence-corrected chi connectivity index (χ3v) is 6.42. The minimum absolute atomic E-state index is 0.0520. The molecule has 3 heterocycles. The van der Waals surface area contributed by atoms with Crippen molar-refractivity contribution < 1.29 is 9.59 Å². The number of hydrogen-bond donors (Lipinski definition) is 0. The summed E-state index contributed by atoms with van der Waals surface area (Å²) in [6, 6.07) is 9.88. The van der Waals surface area contributed by atoms with Gasteiger partial charge in [-0.15, -0.1) is 0 Å². The second-order valence-corrected chi connectivity index (χ2v) is 8.55. The summed E-state index contributed by atoms with van der Waals surface area (Å²) in [6.07, 6.45) is 5.77. The maximum atomic E-state index is 13.2. The van der Waals surface area contributed by atoms with Crippen LogP contribution in [0.4, 0.5) is 0 Å². The molecule has 4 rings (SSSR count). The molecule has 7 heteroatoms. The third kappa shape index (κ3) is 4.86. The summed E-state index contributed by atoms with van der Waals surface area (Å²) in [5.74, 6) is 0.133. The first-order valence-electron chi connectivity index (χ1n) is 11.2. The number of aromatic nitrogens is 1. The van der Waals surface area contributed by atoms with Crippen LogP contribution >= 0.6 is 0 Å². The van der Waals surface area contributed by atoms with E-state index in [1.54, 1.807) is 6.20 Å². The van der Waals surface area contributed by atoms with Gasteiger partial charge in [0.1, 0.15) is 5.69 Å². The predicted octanol–water partition coefficient (Wildman–Crippen LogP) is 3.16. The van der Waals surface area contributed by atoms with Gasteiger partial charge in [0.05, 0.1) is 0 Å². The van der Waals surface area contributed by atoms with Gasteiger partial charge in [-0.25, -0.2) is 0 Å². The number of rotatable bonds is 5. The lowest BCUT2D eigenvalue weighted by Gasteiger charge is -2.27. The molecule has 0 spiro atoms. The van der Waals surface area contributed by atoms with Crippen LogP contribution in [0.5, 0.6) is 0 Å². The fourth-order valence-electron chi connectivity index (χ4n) is 4.52. The van der Waals surface area contributed by atoms with Crippen LogP contribution < -0.4 is 0 Å². The number of fused-ring (bicyclic) bond motifs is 1. The fourth-order valence-corrected chi connectivity index (χ4v) is 4.52. The van der Waals surface area contributed by atoms with Crippen molar-refractivity contribution in [1.29, 1.82) is 0 Å². The number of hydrogen-bond acceptors (Lipinski definition) is 5. The first-order valence-corrected chi connectivity index (χ1v) is 11.2. The Hall–Kier alpha value is -2.96. The van der Waals surface area contributed by atoms with Crippen LogP contribution in [0.15, 0.2) is 41.6 Å². The second-order valence-electron chi connectivity index (χ2n) is 8.55. The van der Waals surface area contributed by atoms with Gasteiger partial charge in [0, 0.05) is 69.4 Å². The quantitative estimate of drug-likeness (QED) is 0.744. The second kappa shape index (κ2) is 9.45. The van der Waals surface area contributed by atoms with Gasteiger partial charge in [0.25, 0.3) is 5.91 Å². The number of likely N-dealkylation sites (tertiary alicyclic amines) is 1. The van der Waals surface area contributed by atoms with Crippen LogP contribution in [0.25, 0.3) is 10.8 Å². The van der Waals surface area contributed by atoms with Crippen molar-refractivity contribution in [3.8, 4) is 0 Å². The highest BCUT2D eigenvalue weighted by atomic mass is 16.2. The minimum atomic E-state index is -0.0520. The monoisotopic (exact) mass is 421 g/mol. The van der Waals surface area contributed by atoms with Gasteiger partial charge in [-0.2, -0.15) is 5.10 Å². The lowest BCUT2D eigenvalue weighted by molar-refractivity contribution is -0.131. The Bertz CT molecular complexity index is 984. The normalized spacial score (nSPS) is 19.3. The van der Waals surface area contributed by atoms with Crippen LogP contribution in [-0.2, 0) is 4.79 Å². The number of pyridine rings is 1. The molecule has 0 N–H and O–H groups in total. The molecule has 2 aliphatic heterocycles. The van der Waals surface area contributed by atoms with Gasteiger partial charge < -0.3 is 9.80 Å². The van der Waals surface area contributed by atoms with Gasteiger partial charge >= 0.3 is 0 Å². The first kappa shape index (κ1) is 21.3. The zero-order valence-electron chi connectivity index (χ0n) is 18.5.